The number of hydrogen-bond acceptors (Lipinski definition) is 2. The summed E-state index contributed by atoms with van der Waals surface area (Å²) in [4.78, 5) is 14.0. The fourth-order valence-electron chi connectivity index (χ4n) is 1.74. The molecule has 3 nitrogen and oxygen atoms in total. The number of nitrogens with zero attached hydrogens (tertiary/aromatic N) is 1. The molecule has 0 N–H and O–H groups in total. The van der Waals surface area contributed by atoms with Gasteiger partial charge in [-0.1, -0.05) is 20.8 Å². The van der Waals surface area contributed by atoms with E-state index in [9.17, 15) is 4.79 Å². The molecule has 4 heteroatoms. The SMILES string of the molecule is CCC(CC)N(CCOC)C(=O)C(C)CCl. The first-order valence-corrected chi connectivity index (χ1v) is 6.51. The summed E-state index contributed by atoms with van der Waals surface area (Å²) in [6, 6.07) is 0.299. The number of halogens is 1. The molecule has 1 atom stereocenters. The lowest BCUT2D eigenvalue weighted by molar-refractivity contribution is -0.137. The predicted molar refractivity (Wildman–Crippen MR) is 67.8 cm³/mol. The average Bonchev–Trinajstić information content (AvgIpc) is 2.32. The van der Waals surface area contributed by atoms with Gasteiger partial charge in [-0.25, -0.2) is 0 Å². The Labute approximate surface area is 104 Å². The second-order valence-corrected chi connectivity index (χ2v) is 4.36. The van der Waals surface area contributed by atoms with Gasteiger partial charge < -0.3 is 9.64 Å². The summed E-state index contributed by atoms with van der Waals surface area (Å²) in [6.07, 6.45) is 1.95. The van der Waals surface area contributed by atoms with Gasteiger partial charge in [-0.3, -0.25) is 4.79 Å². The van der Waals surface area contributed by atoms with Gasteiger partial charge in [-0.15, -0.1) is 11.6 Å². The van der Waals surface area contributed by atoms with Crippen LogP contribution in [0.25, 0.3) is 0 Å². The van der Waals surface area contributed by atoms with Crippen molar-refractivity contribution < 1.29 is 9.53 Å². The maximum atomic E-state index is 12.1. The zero-order chi connectivity index (χ0) is 12.6. The van der Waals surface area contributed by atoms with Crippen molar-refractivity contribution >= 4 is 17.5 Å². The fraction of sp³-hybridized carbons (Fsp3) is 0.917. The molecule has 96 valence electrons. The highest BCUT2D eigenvalue weighted by Gasteiger charge is 2.24. The molecule has 0 aromatic heterocycles. The number of carbonyl (C=O) groups excluding carboxylic acids is 1. The molecule has 0 aromatic carbocycles. The van der Waals surface area contributed by atoms with E-state index in [1.54, 1.807) is 7.11 Å². The van der Waals surface area contributed by atoms with E-state index in [1.165, 1.54) is 0 Å². The molecule has 0 aromatic rings. The summed E-state index contributed by atoms with van der Waals surface area (Å²) in [5, 5.41) is 0. The first-order valence-electron chi connectivity index (χ1n) is 5.97. The van der Waals surface area contributed by atoms with Gasteiger partial charge in [0.2, 0.25) is 5.91 Å². The number of alkyl halides is 1. The van der Waals surface area contributed by atoms with Crippen LogP contribution in [-0.4, -0.2) is 43.0 Å². The van der Waals surface area contributed by atoms with Gasteiger partial charge in [-0.2, -0.15) is 0 Å². The molecule has 0 saturated carbocycles. The average molecular weight is 250 g/mol. The highest BCUT2D eigenvalue weighted by molar-refractivity contribution is 6.19. The van der Waals surface area contributed by atoms with Gasteiger partial charge in [0.25, 0.3) is 0 Å². The number of carbonyl (C=O) groups is 1. The van der Waals surface area contributed by atoms with Crippen LogP contribution in [0, 0.1) is 5.92 Å². The second-order valence-electron chi connectivity index (χ2n) is 4.05. The van der Waals surface area contributed by atoms with Crippen LogP contribution in [0.15, 0.2) is 0 Å². The Morgan fingerprint density at radius 2 is 1.94 bits per heavy atom. The molecule has 16 heavy (non-hydrogen) atoms. The standard InChI is InChI=1S/C12H24ClNO2/c1-5-11(6-2)14(7-8-16-4)12(15)10(3)9-13/h10-11H,5-9H2,1-4H3. The zero-order valence-corrected chi connectivity index (χ0v) is 11.6. The Balaban J connectivity index is 4.56. The third-order valence-electron chi connectivity index (χ3n) is 2.86. The largest absolute Gasteiger partial charge is 0.383 e. The Morgan fingerprint density at radius 1 is 1.38 bits per heavy atom. The first kappa shape index (κ1) is 15.7. The van der Waals surface area contributed by atoms with E-state index in [0.29, 0.717) is 25.1 Å². The second kappa shape index (κ2) is 8.82. The molecule has 0 radical (unpaired) electrons. The van der Waals surface area contributed by atoms with Crippen LogP contribution in [0.4, 0.5) is 0 Å². The molecule has 0 rings (SSSR count). The Bertz CT molecular complexity index is 195. The van der Waals surface area contributed by atoms with Gasteiger partial charge >= 0.3 is 0 Å². The van der Waals surface area contributed by atoms with Crippen molar-refractivity contribution in [2.75, 3.05) is 26.1 Å². The van der Waals surface area contributed by atoms with Crippen molar-refractivity contribution in [3.05, 3.63) is 0 Å². The van der Waals surface area contributed by atoms with Crippen LogP contribution in [0.5, 0.6) is 0 Å². The summed E-state index contributed by atoms with van der Waals surface area (Å²) in [6.45, 7) is 7.32. The molecule has 0 aliphatic rings. The van der Waals surface area contributed by atoms with Gasteiger partial charge in [0.15, 0.2) is 0 Å². The Hall–Kier alpha value is -0.280. The van der Waals surface area contributed by atoms with Crippen molar-refractivity contribution in [1.29, 1.82) is 0 Å². The fourth-order valence-corrected chi connectivity index (χ4v) is 1.87. The van der Waals surface area contributed by atoms with Crippen LogP contribution in [0.1, 0.15) is 33.6 Å². The van der Waals surface area contributed by atoms with Crippen molar-refractivity contribution in [2.24, 2.45) is 5.92 Å². The lowest BCUT2D eigenvalue weighted by atomic mass is 10.1. The molecule has 0 bridgehead atoms. The van der Waals surface area contributed by atoms with Crippen molar-refractivity contribution in [2.45, 2.75) is 39.7 Å². The number of methoxy groups -OCH3 is 1. The van der Waals surface area contributed by atoms with Crippen LogP contribution in [0.3, 0.4) is 0 Å². The lowest BCUT2D eigenvalue weighted by Crippen LogP contribution is -2.44. The molecule has 1 unspecified atom stereocenters. The minimum Gasteiger partial charge on any atom is -0.383 e. The van der Waals surface area contributed by atoms with E-state index in [1.807, 2.05) is 11.8 Å². The monoisotopic (exact) mass is 249 g/mol. The van der Waals surface area contributed by atoms with E-state index < -0.39 is 0 Å². The molecular weight excluding hydrogens is 226 g/mol. The number of rotatable bonds is 8. The zero-order valence-electron chi connectivity index (χ0n) is 10.8. The molecule has 1 amide bonds. The predicted octanol–water partition coefficient (Wildman–Crippen LogP) is 2.52. The number of hydrogen-bond donors (Lipinski definition) is 0. The maximum absolute atomic E-state index is 12.1. The smallest absolute Gasteiger partial charge is 0.226 e. The summed E-state index contributed by atoms with van der Waals surface area (Å²) in [5.74, 6) is 0.405. The Morgan fingerprint density at radius 3 is 2.31 bits per heavy atom. The van der Waals surface area contributed by atoms with Crippen LogP contribution in [0.2, 0.25) is 0 Å². The van der Waals surface area contributed by atoms with Crippen molar-refractivity contribution in [3.63, 3.8) is 0 Å². The third kappa shape index (κ3) is 4.71. The van der Waals surface area contributed by atoms with E-state index in [-0.39, 0.29) is 11.8 Å². The lowest BCUT2D eigenvalue weighted by Gasteiger charge is -2.32. The summed E-state index contributed by atoms with van der Waals surface area (Å²) in [7, 11) is 1.65. The first-order chi connectivity index (χ1) is 7.62. The third-order valence-corrected chi connectivity index (χ3v) is 3.32. The van der Waals surface area contributed by atoms with E-state index in [4.69, 9.17) is 16.3 Å². The van der Waals surface area contributed by atoms with Crippen LogP contribution < -0.4 is 0 Å². The molecular formula is C12H24ClNO2. The van der Waals surface area contributed by atoms with E-state index >= 15 is 0 Å². The quantitative estimate of drug-likeness (QED) is 0.619. The van der Waals surface area contributed by atoms with E-state index in [2.05, 4.69) is 13.8 Å². The minimum absolute atomic E-state index is 0.112. The summed E-state index contributed by atoms with van der Waals surface area (Å²) in [5.41, 5.74) is 0. The molecule has 0 aliphatic heterocycles. The van der Waals surface area contributed by atoms with Gasteiger partial charge in [-0.05, 0) is 12.8 Å². The Kier molecular flexibility index (Phi) is 8.67. The molecule has 0 spiro atoms. The van der Waals surface area contributed by atoms with Gasteiger partial charge in [0.05, 0.1) is 6.61 Å². The molecule has 0 aliphatic carbocycles. The summed E-state index contributed by atoms with van der Waals surface area (Å²) >= 11 is 5.74. The molecule has 0 fully saturated rings. The van der Waals surface area contributed by atoms with Gasteiger partial charge in [0.1, 0.15) is 0 Å². The number of amides is 1. The number of ether oxygens (including phenoxy) is 1. The van der Waals surface area contributed by atoms with Crippen molar-refractivity contribution in [3.8, 4) is 0 Å². The van der Waals surface area contributed by atoms with Crippen LogP contribution in [-0.2, 0) is 9.53 Å². The van der Waals surface area contributed by atoms with E-state index in [0.717, 1.165) is 12.8 Å². The normalized spacial score (nSPS) is 12.9. The van der Waals surface area contributed by atoms with Crippen molar-refractivity contribution in [1.82, 2.24) is 4.90 Å². The van der Waals surface area contributed by atoms with Crippen LogP contribution >= 0.6 is 11.6 Å². The topological polar surface area (TPSA) is 29.5 Å². The highest BCUT2D eigenvalue weighted by Crippen LogP contribution is 2.13. The highest BCUT2D eigenvalue weighted by atomic mass is 35.5. The molecule has 0 heterocycles. The minimum atomic E-state index is -0.112. The molecule has 0 saturated heterocycles. The summed E-state index contributed by atoms with van der Waals surface area (Å²) < 4.78 is 5.05. The van der Waals surface area contributed by atoms with Gasteiger partial charge in [0, 0.05) is 31.5 Å². The maximum Gasteiger partial charge on any atom is 0.226 e.